The van der Waals surface area contributed by atoms with Gasteiger partial charge in [-0.05, 0) is 49.2 Å². The normalized spacial score (nSPS) is 15.1. The Morgan fingerprint density at radius 3 is 2.39 bits per heavy atom. The maximum Gasteiger partial charge on any atom is 0.315 e. The summed E-state index contributed by atoms with van der Waals surface area (Å²) in [5.74, 6) is 1.41. The Balaban J connectivity index is 1.64. The van der Waals surface area contributed by atoms with Gasteiger partial charge in [0.1, 0.15) is 0 Å². The lowest BCUT2D eigenvalue weighted by molar-refractivity contribution is 0.220. The van der Waals surface area contributed by atoms with Crippen LogP contribution in [0.2, 0.25) is 0 Å². The van der Waals surface area contributed by atoms with Crippen LogP contribution in [0.4, 0.5) is 4.79 Å². The summed E-state index contributed by atoms with van der Waals surface area (Å²) >= 11 is 0. The zero-order valence-electron chi connectivity index (χ0n) is 16.6. The molecule has 28 heavy (non-hydrogen) atoms. The second kappa shape index (κ2) is 9.99. The van der Waals surface area contributed by atoms with E-state index in [2.05, 4.69) is 15.5 Å². The van der Waals surface area contributed by atoms with Gasteiger partial charge < -0.3 is 20.1 Å². The summed E-state index contributed by atoms with van der Waals surface area (Å²) in [6.45, 7) is 3.12. The number of carbonyl (C=O) groups is 1. The fraction of sp³-hybridized carbons (Fsp3) is 0.409. The van der Waals surface area contributed by atoms with Crippen molar-refractivity contribution in [3.63, 3.8) is 0 Å². The van der Waals surface area contributed by atoms with Crippen LogP contribution in [0.15, 0.2) is 48.5 Å². The van der Waals surface area contributed by atoms with Gasteiger partial charge >= 0.3 is 6.03 Å². The molecule has 1 aliphatic rings. The van der Waals surface area contributed by atoms with Crippen LogP contribution in [-0.2, 0) is 6.54 Å². The SMILES string of the molecule is COc1ccc(C(CNC(=O)NCc2ccccc2)N2CCCC2)cc1OC. The van der Waals surface area contributed by atoms with Gasteiger partial charge in [0, 0.05) is 13.1 Å². The van der Waals surface area contributed by atoms with Crippen molar-refractivity contribution in [1.29, 1.82) is 0 Å². The van der Waals surface area contributed by atoms with E-state index in [1.807, 2.05) is 48.5 Å². The lowest BCUT2D eigenvalue weighted by Gasteiger charge is -2.28. The van der Waals surface area contributed by atoms with Crippen LogP contribution in [0, 0.1) is 0 Å². The summed E-state index contributed by atoms with van der Waals surface area (Å²) < 4.78 is 10.8. The molecule has 0 bridgehead atoms. The number of hydrogen-bond donors (Lipinski definition) is 2. The number of rotatable bonds is 8. The van der Waals surface area contributed by atoms with E-state index in [0.29, 0.717) is 24.6 Å². The smallest absolute Gasteiger partial charge is 0.315 e. The average molecular weight is 383 g/mol. The number of hydrogen-bond acceptors (Lipinski definition) is 4. The van der Waals surface area contributed by atoms with E-state index in [4.69, 9.17) is 9.47 Å². The van der Waals surface area contributed by atoms with Crippen molar-refractivity contribution in [3.05, 3.63) is 59.7 Å². The quantitative estimate of drug-likeness (QED) is 0.734. The minimum absolute atomic E-state index is 0.102. The van der Waals surface area contributed by atoms with Crippen LogP contribution >= 0.6 is 0 Å². The van der Waals surface area contributed by atoms with Gasteiger partial charge in [-0.2, -0.15) is 0 Å². The maximum absolute atomic E-state index is 12.3. The number of likely N-dealkylation sites (tertiary alicyclic amines) is 1. The van der Waals surface area contributed by atoms with Gasteiger partial charge in [0.25, 0.3) is 0 Å². The molecular formula is C22H29N3O3. The van der Waals surface area contributed by atoms with E-state index in [1.54, 1.807) is 14.2 Å². The van der Waals surface area contributed by atoms with Crippen LogP contribution in [0.5, 0.6) is 11.5 Å². The first-order chi connectivity index (χ1) is 13.7. The first-order valence-corrected chi connectivity index (χ1v) is 9.73. The Morgan fingerprint density at radius 2 is 1.71 bits per heavy atom. The van der Waals surface area contributed by atoms with Gasteiger partial charge in [-0.25, -0.2) is 4.79 Å². The fourth-order valence-corrected chi connectivity index (χ4v) is 3.60. The van der Waals surface area contributed by atoms with Crippen molar-refractivity contribution in [3.8, 4) is 11.5 Å². The van der Waals surface area contributed by atoms with Gasteiger partial charge in [0.15, 0.2) is 11.5 Å². The van der Waals surface area contributed by atoms with Crippen molar-refractivity contribution in [2.45, 2.75) is 25.4 Å². The third-order valence-electron chi connectivity index (χ3n) is 5.13. The molecule has 1 heterocycles. The van der Waals surface area contributed by atoms with Crippen molar-refractivity contribution in [1.82, 2.24) is 15.5 Å². The molecule has 0 radical (unpaired) electrons. The molecular weight excluding hydrogens is 354 g/mol. The third-order valence-corrected chi connectivity index (χ3v) is 5.13. The minimum atomic E-state index is -0.159. The zero-order valence-corrected chi connectivity index (χ0v) is 16.6. The fourth-order valence-electron chi connectivity index (χ4n) is 3.60. The molecule has 1 aliphatic heterocycles. The number of benzene rings is 2. The van der Waals surface area contributed by atoms with E-state index in [1.165, 1.54) is 12.8 Å². The average Bonchev–Trinajstić information content (AvgIpc) is 3.27. The molecule has 1 unspecified atom stereocenters. The van der Waals surface area contributed by atoms with Crippen LogP contribution in [0.25, 0.3) is 0 Å². The molecule has 1 fully saturated rings. The van der Waals surface area contributed by atoms with Crippen molar-refractivity contribution in [2.75, 3.05) is 33.9 Å². The first kappa shape index (κ1) is 20.0. The lowest BCUT2D eigenvalue weighted by atomic mass is 10.0. The van der Waals surface area contributed by atoms with E-state index in [-0.39, 0.29) is 12.1 Å². The van der Waals surface area contributed by atoms with E-state index in [0.717, 1.165) is 24.2 Å². The van der Waals surface area contributed by atoms with Crippen molar-refractivity contribution >= 4 is 6.03 Å². The first-order valence-electron chi connectivity index (χ1n) is 9.73. The number of methoxy groups -OCH3 is 2. The highest BCUT2D eigenvalue weighted by Gasteiger charge is 2.25. The van der Waals surface area contributed by atoms with Crippen molar-refractivity contribution < 1.29 is 14.3 Å². The zero-order chi connectivity index (χ0) is 19.8. The highest BCUT2D eigenvalue weighted by atomic mass is 16.5. The van der Waals surface area contributed by atoms with Gasteiger partial charge in [-0.15, -0.1) is 0 Å². The molecule has 2 amide bonds. The number of carbonyl (C=O) groups excluding carboxylic acids is 1. The highest BCUT2D eigenvalue weighted by molar-refractivity contribution is 5.73. The van der Waals surface area contributed by atoms with E-state index >= 15 is 0 Å². The minimum Gasteiger partial charge on any atom is -0.493 e. The van der Waals surface area contributed by atoms with E-state index < -0.39 is 0 Å². The standard InChI is InChI=1S/C22H29N3O3/c1-27-20-11-10-18(14-21(20)28-2)19(25-12-6-7-13-25)16-24-22(26)23-15-17-8-4-3-5-9-17/h3-5,8-11,14,19H,6-7,12-13,15-16H2,1-2H3,(H2,23,24,26). The Hall–Kier alpha value is -2.73. The number of amides is 2. The molecule has 2 aromatic rings. The second-order valence-electron chi connectivity index (χ2n) is 6.92. The summed E-state index contributed by atoms with van der Waals surface area (Å²) in [6, 6.07) is 15.8. The largest absolute Gasteiger partial charge is 0.493 e. The maximum atomic E-state index is 12.3. The van der Waals surface area contributed by atoms with E-state index in [9.17, 15) is 4.79 Å². The molecule has 6 heteroatoms. The predicted molar refractivity (Wildman–Crippen MR) is 110 cm³/mol. The predicted octanol–water partition coefficient (Wildman–Crippen LogP) is 3.34. The lowest BCUT2D eigenvalue weighted by Crippen LogP contribution is -2.41. The summed E-state index contributed by atoms with van der Waals surface area (Å²) in [6.07, 6.45) is 2.37. The van der Waals surface area contributed by atoms with Crippen molar-refractivity contribution in [2.24, 2.45) is 0 Å². The summed E-state index contributed by atoms with van der Waals surface area (Å²) in [7, 11) is 3.27. The third kappa shape index (κ3) is 5.16. The van der Waals surface area contributed by atoms with Crippen LogP contribution in [0.1, 0.15) is 30.0 Å². The molecule has 2 aromatic carbocycles. The Labute approximate surface area is 166 Å². The van der Waals surface area contributed by atoms with Crippen LogP contribution in [0.3, 0.4) is 0 Å². The Morgan fingerprint density at radius 1 is 1.00 bits per heavy atom. The van der Waals surface area contributed by atoms with Gasteiger partial charge in [0.2, 0.25) is 0 Å². The molecule has 0 saturated carbocycles. The number of nitrogens with zero attached hydrogens (tertiary/aromatic N) is 1. The Kier molecular flexibility index (Phi) is 7.14. The highest BCUT2D eigenvalue weighted by Crippen LogP contribution is 2.33. The van der Waals surface area contributed by atoms with Gasteiger partial charge in [-0.1, -0.05) is 36.4 Å². The molecule has 6 nitrogen and oxygen atoms in total. The molecule has 150 valence electrons. The van der Waals surface area contributed by atoms with Crippen LogP contribution in [-0.4, -0.2) is 44.8 Å². The molecule has 0 aromatic heterocycles. The second-order valence-corrected chi connectivity index (χ2v) is 6.92. The monoisotopic (exact) mass is 383 g/mol. The Bertz CT molecular complexity index is 761. The number of urea groups is 1. The summed E-state index contributed by atoms with van der Waals surface area (Å²) in [5.41, 5.74) is 2.19. The summed E-state index contributed by atoms with van der Waals surface area (Å²) in [4.78, 5) is 14.7. The molecule has 0 aliphatic carbocycles. The summed E-state index contributed by atoms with van der Waals surface area (Å²) in [5, 5.41) is 5.95. The topological polar surface area (TPSA) is 62.8 Å². The number of ether oxygens (including phenoxy) is 2. The van der Waals surface area contributed by atoms with Gasteiger partial charge in [0.05, 0.1) is 20.3 Å². The molecule has 2 N–H and O–H groups in total. The molecule has 0 spiro atoms. The molecule has 1 atom stereocenters. The molecule has 3 rings (SSSR count). The van der Waals surface area contributed by atoms with Gasteiger partial charge in [-0.3, -0.25) is 4.90 Å². The van der Waals surface area contributed by atoms with Crippen LogP contribution < -0.4 is 20.1 Å². The number of nitrogens with one attached hydrogen (secondary N) is 2. The molecule has 1 saturated heterocycles.